The lowest BCUT2D eigenvalue weighted by Gasteiger charge is -2.31. The van der Waals surface area contributed by atoms with Crippen LogP contribution in [0, 0.1) is 0 Å². The van der Waals surface area contributed by atoms with E-state index in [9.17, 15) is 13.2 Å². The molecule has 3 rings (SSSR count). The Morgan fingerprint density at radius 1 is 1.43 bits per heavy atom. The molecule has 1 aromatic rings. The van der Waals surface area contributed by atoms with Gasteiger partial charge in [0.1, 0.15) is 5.75 Å². The van der Waals surface area contributed by atoms with E-state index in [1.807, 2.05) is 13.0 Å². The monoisotopic (exact) mass is 357 g/mol. The quantitative estimate of drug-likeness (QED) is 0.829. The highest BCUT2D eigenvalue weighted by Gasteiger charge is 2.36. The number of sulfone groups is 1. The molecule has 1 amide bonds. The maximum absolute atomic E-state index is 12.7. The molecule has 0 bridgehead atoms. The number of carbonyl (C=O) groups excluding carboxylic acids is 1. The van der Waals surface area contributed by atoms with Crippen LogP contribution in [-0.2, 0) is 25.8 Å². The Morgan fingerprint density at radius 3 is 2.96 bits per heavy atom. The average molecular weight is 358 g/mol. The minimum atomic E-state index is -3.53. The molecule has 0 spiro atoms. The van der Waals surface area contributed by atoms with E-state index in [2.05, 4.69) is 0 Å². The first-order valence-electron chi connectivity index (χ1n) is 7.76. The third-order valence-corrected chi connectivity index (χ3v) is 6.72. The van der Waals surface area contributed by atoms with Gasteiger partial charge in [-0.15, -0.1) is 0 Å². The van der Waals surface area contributed by atoms with E-state index in [1.54, 1.807) is 17.0 Å². The number of hydrogen-bond donors (Lipinski definition) is 0. The number of benzene rings is 1. The second-order valence-electron chi connectivity index (χ2n) is 6.20. The lowest BCUT2D eigenvalue weighted by Crippen LogP contribution is -2.46. The normalized spacial score (nSPS) is 24.5. The van der Waals surface area contributed by atoms with E-state index in [4.69, 9.17) is 16.3 Å². The summed E-state index contributed by atoms with van der Waals surface area (Å²) in [5.41, 5.74) is 1.76. The number of morpholine rings is 1. The number of fused-ring (bicyclic) bond motifs is 1. The predicted octanol–water partition coefficient (Wildman–Crippen LogP) is 1.99. The number of amides is 1. The van der Waals surface area contributed by atoms with Crippen LogP contribution in [-0.4, -0.2) is 50.8 Å². The molecule has 1 heterocycles. The lowest BCUT2D eigenvalue weighted by molar-refractivity contribution is -0.135. The van der Waals surface area contributed by atoms with Crippen LogP contribution < -0.4 is 0 Å². The molecule has 0 aromatic heterocycles. The van der Waals surface area contributed by atoms with E-state index in [-0.39, 0.29) is 12.0 Å². The maximum Gasteiger partial charge on any atom is 0.237 e. The molecule has 2 unspecified atom stereocenters. The molecular weight excluding hydrogens is 338 g/mol. The largest absolute Gasteiger partial charge is 0.375 e. The topological polar surface area (TPSA) is 63.7 Å². The summed E-state index contributed by atoms with van der Waals surface area (Å²) in [5, 5.41) is 0.0114. The van der Waals surface area contributed by atoms with Crippen molar-refractivity contribution in [2.75, 3.05) is 25.4 Å². The Bertz CT molecular complexity index is 719. The van der Waals surface area contributed by atoms with Crippen molar-refractivity contribution in [1.82, 2.24) is 4.90 Å². The van der Waals surface area contributed by atoms with Crippen LogP contribution in [0.5, 0.6) is 0 Å². The summed E-state index contributed by atoms with van der Waals surface area (Å²) in [6.45, 7) is 3.24. The van der Waals surface area contributed by atoms with Gasteiger partial charge in [-0.3, -0.25) is 4.79 Å². The van der Waals surface area contributed by atoms with Gasteiger partial charge in [0.05, 0.1) is 18.0 Å². The number of halogens is 1. The molecule has 1 aliphatic heterocycles. The van der Waals surface area contributed by atoms with Crippen LogP contribution in [0.2, 0.25) is 5.02 Å². The van der Waals surface area contributed by atoms with Gasteiger partial charge in [0.2, 0.25) is 5.91 Å². The van der Waals surface area contributed by atoms with E-state index in [0.717, 1.165) is 11.1 Å². The van der Waals surface area contributed by atoms with Crippen molar-refractivity contribution in [3.8, 4) is 0 Å². The fourth-order valence-electron chi connectivity index (χ4n) is 3.33. The SMILES string of the molecule is CC1CN(C(=O)CS(=O)(=O)C2CCc3cc(Cl)ccc32)CCO1. The second-order valence-corrected chi connectivity index (χ2v) is 8.82. The first kappa shape index (κ1) is 16.7. The van der Waals surface area contributed by atoms with Gasteiger partial charge in [-0.2, -0.15) is 0 Å². The fraction of sp³-hybridized carbons (Fsp3) is 0.562. The number of aryl methyl sites for hydroxylation is 1. The number of rotatable bonds is 3. The van der Waals surface area contributed by atoms with Crippen molar-refractivity contribution in [2.45, 2.75) is 31.1 Å². The van der Waals surface area contributed by atoms with Gasteiger partial charge in [0.15, 0.2) is 9.84 Å². The Morgan fingerprint density at radius 2 is 2.22 bits per heavy atom. The number of carbonyl (C=O) groups is 1. The Kier molecular flexibility index (Phi) is 4.67. The van der Waals surface area contributed by atoms with Crippen molar-refractivity contribution in [1.29, 1.82) is 0 Å². The molecule has 1 aromatic carbocycles. The number of nitrogens with zero attached hydrogens (tertiary/aromatic N) is 1. The van der Waals surface area contributed by atoms with Crippen molar-refractivity contribution >= 4 is 27.3 Å². The molecule has 1 fully saturated rings. The van der Waals surface area contributed by atoms with E-state index < -0.39 is 20.8 Å². The molecule has 0 radical (unpaired) electrons. The van der Waals surface area contributed by atoms with Crippen LogP contribution in [0.15, 0.2) is 18.2 Å². The molecule has 0 saturated carbocycles. The highest BCUT2D eigenvalue weighted by Crippen LogP contribution is 2.38. The van der Waals surface area contributed by atoms with Crippen molar-refractivity contribution in [2.24, 2.45) is 0 Å². The standard InChI is InChI=1S/C16H20ClNO4S/c1-11-9-18(6-7-22-11)16(19)10-23(20,21)15-5-2-12-8-13(17)3-4-14(12)15/h3-4,8,11,15H,2,5-7,9-10H2,1H3. The Hall–Kier alpha value is -1.11. The zero-order chi connectivity index (χ0) is 16.6. The molecule has 1 saturated heterocycles. The summed E-state index contributed by atoms with van der Waals surface area (Å²) in [5.74, 6) is -0.769. The molecule has 126 valence electrons. The molecular formula is C16H20ClNO4S. The van der Waals surface area contributed by atoms with Gasteiger partial charge in [0, 0.05) is 18.1 Å². The van der Waals surface area contributed by atoms with E-state index in [1.165, 1.54) is 0 Å². The Balaban J connectivity index is 1.74. The first-order chi connectivity index (χ1) is 10.9. The molecule has 0 N–H and O–H groups in total. The molecule has 23 heavy (non-hydrogen) atoms. The lowest BCUT2D eigenvalue weighted by atomic mass is 10.1. The Labute approximate surface area is 141 Å². The third kappa shape index (κ3) is 3.54. The van der Waals surface area contributed by atoms with Crippen LogP contribution in [0.25, 0.3) is 0 Å². The molecule has 2 atom stereocenters. The molecule has 7 heteroatoms. The number of ether oxygens (including phenoxy) is 1. The minimum absolute atomic E-state index is 0.0512. The third-order valence-electron chi connectivity index (χ3n) is 4.48. The highest BCUT2D eigenvalue weighted by atomic mass is 35.5. The second kappa shape index (κ2) is 6.42. The fourth-order valence-corrected chi connectivity index (χ4v) is 5.35. The van der Waals surface area contributed by atoms with Crippen LogP contribution in [0.1, 0.15) is 29.7 Å². The van der Waals surface area contributed by atoms with E-state index in [0.29, 0.717) is 37.6 Å². The van der Waals surface area contributed by atoms with Crippen molar-refractivity contribution in [3.63, 3.8) is 0 Å². The summed E-state index contributed by atoms with van der Waals surface area (Å²) in [4.78, 5) is 13.9. The van der Waals surface area contributed by atoms with Gasteiger partial charge < -0.3 is 9.64 Å². The maximum atomic E-state index is 12.7. The number of hydrogen-bond acceptors (Lipinski definition) is 4. The summed E-state index contributed by atoms with van der Waals surface area (Å²) >= 11 is 5.96. The molecule has 5 nitrogen and oxygen atoms in total. The summed E-state index contributed by atoms with van der Waals surface area (Å²) in [7, 11) is -3.53. The van der Waals surface area contributed by atoms with Crippen molar-refractivity contribution < 1.29 is 17.9 Å². The average Bonchev–Trinajstić information content (AvgIpc) is 2.90. The first-order valence-corrected chi connectivity index (χ1v) is 9.85. The molecule has 2 aliphatic rings. The van der Waals surface area contributed by atoms with Gasteiger partial charge in [-0.1, -0.05) is 17.7 Å². The van der Waals surface area contributed by atoms with Crippen LogP contribution in [0.3, 0.4) is 0 Å². The molecule has 1 aliphatic carbocycles. The zero-order valence-corrected chi connectivity index (χ0v) is 14.6. The van der Waals surface area contributed by atoms with Crippen LogP contribution >= 0.6 is 11.6 Å². The van der Waals surface area contributed by atoms with Gasteiger partial charge in [-0.25, -0.2) is 8.42 Å². The summed E-state index contributed by atoms with van der Waals surface area (Å²) < 4.78 is 30.8. The summed E-state index contributed by atoms with van der Waals surface area (Å²) in [6.07, 6.45) is 1.15. The summed E-state index contributed by atoms with van der Waals surface area (Å²) in [6, 6.07) is 5.30. The zero-order valence-electron chi connectivity index (χ0n) is 13.0. The predicted molar refractivity (Wildman–Crippen MR) is 88.3 cm³/mol. The van der Waals surface area contributed by atoms with Crippen LogP contribution in [0.4, 0.5) is 0 Å². The van der Waals surface area contributed by atoms with Gasteiger partial charge in [0.25, 0.3) is 0 Å². The van der Waals surface area contributed by atoms with E-state index >= 15 is 0 Å². The van der Waals surface area contributed by atoms with Crippen molar-refractivity contribution in [3.05, 3.63) is 34.3 Å². The smallest absolute Gasteiger partial charge is 0.237 e. The minimum Gasteiger partial charge on any atom is -0.375 e. The van der Waals surface area contributed by atoms with Gasteiger partial charge >= 0.3 is 0 Å². The van der Waals surface area contributed by atoms with Gasteiger partial charge in [-0.05, 0) is 43.0 Å². The highest BCUT2D eigenvalue weighted by molar-refractivity contribution is 7.92.